The number of rotatable bonds is 1. The minimum Gasteiger partial charge on any atom is -0.399 e. The lowest BCUT2D eigenvalue weighted by Gasteiger charge is -2.08. The standard InChI is InChI=1S/C13H12N4S/c1-7-10-5-9(14)6-11(13-15-3-4-18-13)12(10)17-8(2)16-7/h3-6H,14H2,1-2H3. The van der Waals surface area contributed by atoms with Crippen LogP contribution >= 0.6 is 11.3 Å². The second-order valence-corrected chi connectivity index (χ2v) is 5.05. The zero-order valence-corrected chi connectivity index (χ0v) is 11.0. The molecule has 0 aliphatic carbocycles. The number of nitrogen functional groups attached to an aromatic ring is 1. The molecule has 2 heterocycles. The van der Waals surface area contributed by atoms with Gasteiger partial charge in [-0.3, -0.25) is 0 Å². The van der Waals surface area contributed by atoms with Gasteiger partial charge in [-0.1, -0.05) is 0 Å². The van der Waals surface area contributed by atoms with Crippen LogP contribution in [0.5, 0.6) is 0 Å². The number of nitrogens with zero attached hydrogens (tertiary/aromatic N) is 3. The molecule has 0 atom stereocenters. The summed E-state index contributed by atoms with van der Waals surface area (Å²) in [6.07, 6.45) is 1.79. The number of benzene rings is 1. The fraction of sp³-hybridized carbons (Fsp3) is 0.154. The quantitative estimate of drug-likeness (QED) is 0.680. The highest BCUT2D eigenvalue weighted by Crippen LogP contribution is 2.32. The molecule has 0 fully saturated rings. The second-order valence-electron chi connectivity index (χ2n) is 4.16. The third-order valence-corrected chi connectivity index (χ3v) is 3.59. The van der Waals surface area contributed by atoms with E-state index in [-0.39, 0.29) is 0 Å². The largest absolute Gasteiger partial charge is 0.399 e. The molecule has 0 bridgehead atoms. The Bertz CT molecular complexity index is 719. The van der Waals surface area contributed by atoms with E-state index in [1.807, 2.05) is 31.4 Å². The van der Waals surface area contributed by atoms with Crippen LogP contribution in [-0.4, -0.2) is 15.0 Å². The maximum absolute atomic E-state index is 5.96. The van der Waals surface area contributed by atoms with Gasteiger partial charge in [0.2, 0.25) is 0 Å². The van der Waals surface area contributed by atoms with Crippen molar-refractivity contribution in [1.29, 1.82) is 0 Å². The van der Waals surface area contributed by atoms with Crippen LogP contribution in [0.25, 0.3) is 21.5 Å². The van der Waals surface area contributed by atoms with Crippen molar-refractivity contribution >= 4 is 27.9 Å². The maximum atomic E-state index is 5.96. The van der Waals surface area contributed by atoms with Crippen LogP contribution in [0.3, 0.4) is 0 Å². The summed E-state index contributed by atoms with van der Waals surface area (Å²) >= 11 is 1.58. The Hall–Kier alpha value is -2.01. The van der Waals surface area contributed by atoms with Crippen molar-refractivity contribution in [3.8, 4) is 10.6 Å². The van der Waals surface area contributed by atoms with Crippen molar-refractivity contribution in [3.05, 3.63) is 35.2 Å². The molecular weight excluding hydrogens is 244 g/mol. The van der Waals surface area contributed by atoms with Gasteiger partial charge in [0, 0.05) is 33.9 Å². The Kier molecular flexibility index (Phi) is 2.48. The van der Waals surface area contributed by atoms with E-state index in [0.29, 0.717) is 5.69 Å². The van der Waals surface area contributed by atoms with E-state index in [1.165, 1.54) is 0 Å². The van der Waals surface area contributed by atoms with E-state index >= 15 is 0 Å². The molecule has 2 aromatic heterocycles. The lowest BCUT2D eigenvalue weighted by Crippen LogP contribution is -1.97. The summed E-state index contributed by atoms with van der Waals surface area (Å²) in [7, 11) is 0. The first kappa shape index (κ1) is 11.1. The molecule has 3 aromatic rings. The Morgan fingerprint density at radius 3 is 2.72 bits per heavy atom. The molecule has 0 unspecified atom stereocenters. The summed E-state index contributed by atoms with van der Waals surface area (Å²) in [6.45, 7) is 3.87. The molecule has 3 rings (SSSR count). The smallest absolute Gasteiger partial charge is 0.126 e. The monoisotopic (exact) mass is 256 g/mol. The lowest BCUT2D eigenvalue weighted by atomic mass is 10.1. The van der Waals surface area contributed by atoms with Gasteiger partial charge >= 0.3 is 0 Å². The van der Waals surface area contributed by atoms with E-state index in [0.717, 1.165) is 33.0 Å². The molecule has 90 valence electrons. The van der Waals surface area contributed by atoms with E-state index in [9.17, 15) is 0 Å². The van der Waals surface area contributed by atoms with Gasteiger partial charge in [-0.2, -0.15) is 0 Å². The van der Waals surface area contributed by atoms with Crippen molar-refractivity contribution in [2.45, 2.75) is 13.8 Å². The number of aryl methyl sites for hydroxylation is 2. The predicted molar refractivity (Wildman–Crippen MR) is 74.5 cm³/mol. The molecule has 4 nitrogen and oxygen atoms in total. The molecule has 0 amide bonds. The number of anilines is 1. The first-order chi connectivity index (χ1) is 8.65. The molecule has 0 radical (unpaired) electrons. The zero-order valence-electron chi connectivity index (χ0n) is 10.1. The molecule has 0 saturated heterocycles. The first-order valence-electron chi connectivity index (χ1n) is 5.59. The second kappa shape index (κ2) is 4.03. The molecule has 0 aliphatic rings. The lowest BCUT2D eigenvalue weighted by molar-refractivity contribution is 1.05. The van der Waals surface area contributed by atoms with E-state index in [1.54, 1.807) is 17.5 Å². The SMILES string of the molecule is Cc1nc(C)c2cc(N)cc(-c3nccs3)c2n1. The average Bonchev–Trinajstić information content (AvgIpc) is 2.83. The summed E-state index contributed by atoms with van der Waals surface area (Å²) in [5.74, 6) is 0.766. The molecule has 0 saturated carbocycles. The molecular formula is C13H12N4S. The topological polar surface area (TPSA) is 64.7 Å². The Morgan fingerprint density at radius 2 is 2.00 bits per heavy atom. The summed E-state index contributed by atoms with van der Waals surface area (Å²) in [5, 5.41) is 3.88. The Morgan fingerprint density at radius 1 is 1.17 bits per heavy atom. The molecule has 18 heavy (non-hydrogen) atoms. The number of hydrogen-bond donors (Lipinski definition) is 1. The van der Waals surface area contributed by atoms with Crippen molar-refractivity contribution in [3.63, 3.8) is 0 Å². The molecule has 1 aromatic carbocycles. The first-order valence-corrected chi connectivity index (χ1v) is 6.47. The fourth-order valence-corrected chi connectivity index (χ4v) is 2.72. The number of aromatic nitrogens is 3. The van der Waals surface area contributed by atoms with Crippen molar-refractivity contribution in [1.82, 2.24) is 15.0 Å². The Labute approximate surface area is 109 Å². The van der Waals surface area contributed by atoms with Crippen molar-refractivity contribution in [2.24, 2.45) is 0 Å². The van der Waals surface area contributed by atoms with Crippen LogP contribution in [0.2, 0.25) is 0 Å². The summed E-state index contributed by atoms with van der Waals surface area (Å²) in [6, 6.07) is 3.84. The van der Waals surface area contributed by atoms with Gasteiger partial charge in [0.1, 0.15) is 10.8 Å². The summed E-state index contributed by atoms with van der Waals surface area (Å²) < 4.78 is 0. The van der Waals surface area contributed by atoms with Crippen LogP contribution < -0.4 is 5.73 Å². The van der Waals surface area contributed by atoms with E-state index in [2.05, 4.69) is 15.0 Å². The number of hydrogen-bond acceptors (Lipinski definition) is 5. The predicted octanol–water partition coefficient (Wildman–Crippen LogP) is 2.95. The highest BCUT2D eigenvalue weighted by Gasteiger charge is 2.11. The van der Waals surface area contributed by atoms with Crippen LogP contribution in [0.1, 0.15) is 11.5 Å². The zero-order chi connectivity index (χ0) is 12.7. The van der Waals surface area contributed by atoms with E-state index < -0.39 is 0 Å². The molecule has 0 spiro atoms. The van der Waals surface area contributed by atoms with Gasteiger partial charge in [-0.25, -0.2) is 15.0 Å². The van der Waals surface area contributed by atoms with Crippen LogP contribution in [0.4, 0.5) is 5.69 Å². The third-order valence-electron chi connectivity index (χ3n) is 2.79. The van der Waals surface area contributed by atoms with Gasteiger partial charge in [-0.15, -0.1) is 11.3 Å². The highest BCUT2D eigenvalue weighted by molar-refractivity contribution is 7.13. The van der Waals surface area contributed by atoms with Crippen LogP contribution in [0, 0.1) is 13.8 Å². The van der Waals surface area contributed by atoms with Gasteiger partial charge < -0.3 is 5.73 Å². The third kappa shape index (κ3) is 1.73. The summed E-state index contributed by atoms with van der Waals surface area (Å²) in [5.41, 5.74) is 9.52. The number of fused-ring (bicyclic) bond motifs is 1. The average molecular weight is 256 g/mol. The summed E-state index contributed by atoms with van der Waals surface area (Å²) in [4.78, 5) is 13.3. The maximum Gasteiger partial charge on any atom is 0.126 e. The highest BCUT2D eigenvalue weighted by atomic mass is 32.1. The van der Waals surface area contributed by atoms with Gasteiger partial charge in [0.15, 0.2) is 0 Å². The number of nitrogens with two attached hydrogens (primary N) is 1. The van der Waals surface area contributed by atoms with Crippen molar-refractivity contribution < 1.29 is 0 Å². The minimum absolute atomic E-state index is 0.711. The number of thiazole rings is 1. The van der Waals surface area contributed by atoms with Gasteiger partial charge in [0.05, 0.1) is 5.52 Å². The normalized spacial score (nSPS) is 11.0. The molecule has 0 aliphatic heterocycles. The van der Waals surface area contributed by atoms with E-state index in [4.69, 9.17) is 5.73 Å². The van der Waals surface area contributed by atoms with Gasteiger partial charge in [-0.05, 0) is 26.0 Å². The minimum atomic E-state index is 0.711. The van der Waals surface area contributed by atoms with Crippen LogP contribution in [0.15, 0.2) is 23.7 Å². The van der Waals surface area contributed by atoms with Crippen LogP contribution in [-0.2, 0) is 0 Å². The molecule has 5 heteroatoms. The van der Waals surface area contributed by atoms with Crippen molar-refractivity contribution in [2.75, 3.05) is 5.73 Å². The fourth-order valence-electron chi connectivity index (χ4n) is 2.06. The van der Waals surface area contributed by atoms with Gasteiger partial charge in [0.25, 0.3) is 0 Å². The molecule has 2 N–H and O–H groups in total. The Balaban J connectivity index is 2.44.